The maximum atomic E-state index is 9.74. The summed E-state index contributed by atoms with van der Waals surface area (Å²) >= 11 is 0. The largest absolute Gasteiger partial charge is 0.395 e. The second-order valence-electron chi connectivity index (χ2n) is 7.88. The predicted octanol–water partition coefficient (Wildman–Crippen LogP) is 2.34. The summed E-state index contributed by atoms with van der Waals surface area (Å²) in [5.41, 5.74) is -0.512. The molecule has 0 saturated carbocycles. The third-order valence-electron chi connectivity index (χ3n) is 5.06. The molecule has 4 nitrogen and oxygen atoms in total. The maximum Gasteiger partial charge on any atom is 0.0591 e. The minimum Gasteiger partial charge on any atom is -0.395 e. The second kappa shape index (κ2) is 9.86. The fraction of sp³-hybridized carbons (Fsp3) is 1.00. The highest BCUT2D eigenvalue weighted by molar-refractivity contribution is 4.78. The molecule has 0 aliphatic carbocycles. The second-order valence-corrected chi connectivity index (χ2v) is 7.88. The summed E-state index contributed by atoms with van der Waals surface area (Å²) in [6.07, 6.45) is 6.97. The minimum absolute atomic E-state index is 0.263. The molecule has 1 aliphatic heterocycles. The van der Waals surface area contributed by atoms with Gasteiger partial charge in [-0.2, -0.15) is 0 Å². The van der Waals surface area contributed by atoms with Crippen LogP contribution >= 0.6 is 0 Å². The molecular weight excluding hydrogens is 276 g/mol. The van der Waals surface area contributed by atoms with Crippen molar-refractivity contribution in [1.29, 1.82) is 0 Å². The van der Waals surface area contributed by atoms with Crippen LogP contribution in [0.5, 0.6) is 0 Å². The Morgan fingerprint density at radius 1 is 1.23 bits per heavy atom. The molecule has 1 unspecified atom stereocenters. The van der Waals surface area contributed by atoms with E-state index in [4.69, 9.17) is 5.11 Å². The number of aliphatic hydroxyl groups excluding tert-OH is 1. The van der Waals surface area contributed by atoms with Crippen molar-refractivity contribution >= 4 is 0 Å². The molecular formula is C18H38N2O2. The van der Waals surface area contributed by atoms with Crippen molar-refractivity contribution < 1.29 is 10.2 Å². The van der Waals surface area contributed by atoms with Crippen LogP contribution in [0.2, 0.25) is 0 Å². The fourth-order valence-electron chi connectivity index (χ4n) is 3.35. The number of aliphatic hydroxyl groups is 2. The lowest BCUT2D eigenvalue weighted by molar-refractivity contribution is 0.0664. The fourth-order valence-corrected chi connectivity index (χ4v) is 3.35. The summed E-state index contributed by atoms with van der Waals surface area (Å²) in [7, 11) is 2.13. The zero-order valence-corrected chi connectivity index (χ0v) is 15.2. The van der Waals surface area contributed by atoms with E-state index in [9.17, 15) is 5.11 Å². The van der Waals surface area contributed by atoms with Gasteiger partial charge in [-0.25, -0.2) is 0 Å². The summed E-state index contributed by atoms with van der Waals surface area (Å²) in [4.78, 5) is 4.90. The zero-order chi connectivity index (χ0) is 16.6. The van der Waals surface area contributed by atoms with Gasteiger partial charge in [-0.3, -0.25) is 0 Å². The van der Waals surface area contributed by atoms with Gasteiger partial charge in [-0.15, -0.1) is 0 Å². The van der Waals surface area contributed by atoms with Crippen molar-refractivity contribution in [2.75, 3.05) is 39.8 Å². The van der Waals surface area contributed by atoms with Gasteiger partial charge in [0.15, 0.2) is 0 Å². The molecule has 0 spiro atoms. The Bertz CT molecular complexity index is 283. The summed E-state index contributed by atoms with van der Waals surface area (Å²) < 4.78 is 0. The molecule has 1 saturated heterocycles. The number of hydrogen-bond donors (Lipinski definition) is 2. The molecule has 1 atom stereocenters. The molecule has 22 heavy (non-hydrogen) atoms. The van der Waals surface area contributed by atoms with E-state index in [0.717, 1.165) is 25.3 Å². The third-order valence-corrected chi connectivity index (χ3v) is 5.06. The van der Waals surface area contributed by atoms with Gasteiger partial charge >= 0.3 is 0 Å². The number of likely N-dealkylation sites (tertiary alicyclic amines) is 1. The Morgan fingerprint density at radius 2 is 1.86 bits per heavy atom. The number of piperidine rings is 1. The molecule has 1 heterocycles. The third kappa shape index (κ3) is 8.47. The van der Waals surface area contributed by atoms with Crippen molar-refractivity contribution in [3.63, 3.8) is 0 Å². The van der Waals surface area contributed by atoms with Crippen LogP contribution in [0.3, 0.4) is 0 Å². The van der Waals surface area contributed by atoms with E-state index < -0.39 is 5.60 Å². The van der Waals surface area contributed by atoms with Gasteiger partial charge in [-0.05, 0) is 72.1 Å². The Kier molecular flexibility index (Phi) is 8.91. The first-order valence-corrected chi connectivity index (χ1v) is 9.07. The van der Waals surface area contributed by atoms with Gasteiger partial charge in [-0.1, -0.05) is 19.8 Å². The molecule has 2 N–H and O–H groups in total. The van der Waals surface area contributed by atoms with Crippen molar-refractivity contribution in [1.82, 2.24) is 9.80 Å². The molecule has 1 rings (SSSR count). The summed E-state index contributed by atoms with van der Waals surface area (Å²) in [5.74, 6) is 0.747. The Balaban J connectivity index is 2.11. The Labute approximate surface area is 137 Å². The molecule has 0 radical (unpaired) electrons. The monoisotopic (exact) mass is 314 g/mol. The highest BCUT2D eigenvalue weighted by atomic mass is 16.3. The zero-order valence-electron chi connectivity index (χ0n) is 15.2. The van der Waals surface area contributed by atoms with E-state index in [-0.39, 0.29) is 6.61 Å². The molecule has 0 aromatic heterocycles. The van der Waals surface area contributed by atoms with Crippen molar-refractivity contribution in [3.05, 3.63) is 0 Å². The van der Waals surface area contributed by atoms with Crippen molar-refractivity contribution in [3.8, 4) is 0 Å². The standard InChI is InChI=1S/C18H38N2O2/c1-16(6-5-10-18(2,3)22)7-11-20-12-8-17(9-13-20)19(4)14-15-21/h16-17,21-22H,5-15H2,1-4H3. The predicted molar refractivity (Wildman–Crippen MR) is 93.1 cm³/mol. The first-order chi connectivity index (χ1) is 10.3. The molecule has 4 heteroatoms. The topological polar surface area (TPSA) is 46.9 Å². The lowest BCUT2D eigenvalue weighted by Crippen LogP contribution is -2.44. The quantitative estimate of drug-likeness (QED) is 0.650. The van der Waals surface area contributed by atoms with Gasteiger partial charge in [0.1, 0.15) is 0 Å². The lowest BCUT2D eigenvalue weighted by atomic mass is 9.94. The Morgan fingerprint density at radius 3 is 2.41 bits per heavy atom. The number of likely N-dealkylation sites (N-methyl/N-ethyl adjacent to an activating group) is 1. The van der Waals surface area contributed by atoms with E-state index in [2.05, 4.69) is 23.8 Å². The van der Waals surface area contributed by atoms with Crippen LogP contribution in [-0.4, -0.2) is 71.5 Å². The smallest absolute Gasteiger partial charge is 0.0591 e. The highest BCUT2D eigenvalue weighted by Gasteiger charge is 2.22. The number of hydrogen-bond acceptors (Lipinski definition) is 4. The molecule has 0 amide bonds. The first kappa shape index (κ1) is 19.9. The minimum atomic E-state index is -0.512. The first-order valence-electron chi connectivity index (χ1n) is 9.07. The van der Waals surface area contributed by atoms with E-state index in [1.165, 1.54) is 45.3 Å². The number of nitrogens with zero attached hydrogens (tertiary/aromatic N) is 2. The van der Waals surface area contributed by atoms with Gasteiger partial charge < -0.3 is 20.0 Å². The summed E-state index contributed by atoms with van der Waals surface area (Å²) in [6.45, 7) is 10.8. The van der Waals surface area contributed by atoms with Crippen LogP contribution in [-0.2, 0) is 0 Å². The van der Waals surface area contributed by atoms with E-state index >= 15 is 0 Å². The average Bonchev–Trinajstić information content (AvgIpc) is 2.44. The number of rotatable bonds is 10. The van der Waals surface area contributed by atoms with Crippen LogP contribution < -0.4 is 0 Å². The average molecular weight is 315 g/mol. The normalized spacial score (nSPS) is 19.8. The van der Waals surface area contributed by atoms with Gasteiger partial charge in [0.25, 0.3) is 0 Å². The van der Waals surface area contributed by atoms with E-state index in [0.29, 0.717) is 6.04 Å². The SMILES string of the molecule is CC(CCCC(C)(C)O)CCN1CCC(N(C)CCO)CC1. The molecule has 0 bridgehead atoms. The van der Waals surface area contributed by atoms with Crippen LogP contribution in [0.15, 0.2) is 0 Å². The van der Waals surface area contributed by atoms with E-state index in [1.807, 2.05) is 13.8 Å². The van der Waals surface area contributed by atoms with Crippen LogP contribution in [0.25, 0.3) is 0 Å². The summed E-state index contributed by atoms with van der Waals surface area (Å²) in [6, 6.07) is 0.646. The molecule has 132 valence electrons. The van der Waals surface area contributed by atoms with Crippen LogP contribution in [0.1, 0.15) is 59.3 Å². The molecule has 0 aromatic carbocycles. The van der Waals surface area contributed by atoms with E-state index in [1.54, 1.807) is 0 Å². The van der Waals surface area contributed by atoms with Crippen molar-refractivity contribution in [2.45, 2.75) is 70.9 Å². The highest BCUT2D eigenvalue weighted by Crippen LogP contribution is 2.20. The van der Waals surface area contributed by atoms with Gasteiger partial charge in [0.2, 0.25) is 0 Å². The molecule has 1 aliphatic rings. The lowest BCUT2D eigenvalue weighted by Gasteiger charge is -2.37. The maximum absolute atomic E-state index is 9.74. The summed E-state index contributed by atoms with van der Waals surface area (Å²) in [5, 5.41) is 18.8. The van der Waals surface area contributed by atoms with Gasteiger partial charge in [0.05, 0.1) is 12.2 Å². The molecule has 0 aromatic rings. The Hall–Kier alpha value is -0.160. The van der Waals surface area contributed by atoms with Crippen LogP contribution in [0.4, 0.5) is 0 Å². The molecule has 1 fully saturated rings. The van der Waals surface area contributed by atoms with Gasteiger partial charge in [0, 0.05) is 12.6 Å². The van der Waals surface area contributed by atoms with Crippen LogP contribution in [0, 0.1) is 5.92 Å². The van der Waals surface area contributed by atoms with Crippen molar-refractivity contribution in [2.24, 2.45) is 5.92 Å².